The Labute approximate surface area is 153 Å². The minimum absolute atomic E-state index is 0.0935. The van der Waals surface area contributed by atoms with Gasteiger partial charge in [-0.05, 0) is 31.6 Å². The van der Waals surface area contributed by atoms with Crippen LogP contribution in [-0.4, -0.2) is 23.1 Å². The molecule has 4 atom stereocenters. The Morgan fingerprint density at radius 1 is 1.04 bits per heavy atom. The van der Waals surface area contributed by atoms with Gasteiger partial charge in [-0.2, -0.15) is 0 Å². The molecule has 1 rings (SSSR count). The van der Waals surface area contributed by atoms with E-state index in [0.717, 1.165) is 19.3 Å². The fraction of sp³-hybridized carbons (Fsp3) is 0.810. The molecule has 0 aromatic heterocycles. The van der Waals surface area contributed by atoms with Gasteiger partial charge in [0.15, 0.2) is 0 Å². The molecule has 1 aliphatic rings. The van der Waals surface area contributed by atoms with Gasteiger partial charge in [0.1, 0.15) is 6.10 Å². The van der Waals surface area contributed by atoms with Crippen molar-refractivity contribution >= 4 is 11.9 Å². The number of carbonyl (C=O) groups excluding carboxylic acids is 1. The molecule has 4 unspecified atom stereocenters. The first-order chi connectivity index (χ1) is 12.0. The van der Waals surface area contributed by atoms with Crippen LogP contribution >= 0.6 is 0 Å². The largest absolute Gasteiger partial charge is 0.481 e. The van der Waals surface area contributed by atoms with Gasteiger partial charge in [0, 0.05) is 0 Å². The Balaban J connectivity index is 2.54. The number of carbonyl (C=O) groups is 2. The lowest BCUT2D eigenvalue weighted by Crippen LogP contribution is -2.36. The number of rotatable bonds is 12. The molecule has 144 valence electrons. The van der Waals surface area contributed by atoms with E-state index < -0.39 is 17.8 Å². The van der Waals surface area contributed by atoms with Gasteiger partial charge in [-0.3, -0.25) is 9.59 Å². The maximum Gasteiger partial charge on any atom is 0.310 e. The summed E-state index contributed by atoms with van der Waals surface area (Å²) < 4.78 is 5.81. The zero-order chi connectivity index (χ0) is 18.7. The highest BCUT2D eigenvalue weighted by molar-refractivity contribution is 5.81. The topological polar surface area (TPSA) is 63.6 Å². The first-order valence-electron chi connectivity index (χ1n) is 10.1. The maximum absolute atomic E-state index is 12.6. The third kappa shape index (κ3) is 7.62. The third-order valence-electron chi connectivity index (χ3n) is 5.44. The lowest BCUT2D eigenvalue weighted by atomic mass is 9.83. The summed E-state index contributed by atoms with van der Waals surface area (Å²) in [6.07, 6.45) is 13.7. The van der Waals surface area contributed by atoms with Crippen molar-refractivity contribution in [1.82, 2.24) is 0 Å². The van der Waals surface area contributed by atoms with Crippen LogP contribution in [-0.2, 0) is 14.3 Å². The smallest absolute Gasteiger partial charge is 0.310 e. The standard InChI is InChI=1S/C21H36O4/c1-4-6-7-8-9-10-15-19(16(3)5-2)25-21(24)18-14-12-11-13-17(18)20(22)23/h11-12,16-19H,4-10,13-15H2,1-3H3,(H,22,23). The van der Waals surface area contributed by atoms with Crippen molar-refractivity contribution < 1.29 is 19.4 Å². The number of aliphatic carboxylic acids is 1. The predicted molar refractivity (Wildman–Crippen MR) is 100 cm³/mol. The van der Waals surface area contributed by atoms with Crippen LogP contribution in [0.1, 0.15) is 85.0 Å². The second kappa shape index (κ2) is 12.1. The quantitative estimate of drug-likeness (QED) is 0.292. The summed E-state index contributed by atoms with van der Waals surface area (Å²) >= 11 is 0. The highest BCUT2D eigenvalue weighted by Gasteiger charge is 2.36. The van der Waals surface area contributed by atoms with Crippen LogP contribution in [0, 0.1) is 17.8 Å². The molecule has 0 aromatic carbocycles. The molecule has 0 aromatic rings. The summed E-state index contributed by atoms with van der Waals surface area (Å²) in [6.45, 7) is 6.43. The van der Waals surface area contributed by atoms with Gasteiger partial charge in [0.25, 0.3) is 0 Å². The van der Waals surface area contributed by atoms with Crippen molar-refractivity contribution in [3.8, 4) is 0 Å². The molecule has 0 spiro atoms. The minimum atomic E-state index is -0.901. The first-order valence-corrected chi connectivity index (χ1v) is 10.1. The van der Waals surface area contributed by atoms with Crippen molar-refractivity contribution in [1.29, 1.82) is 0 Å². The molecule has 1 N–H and O–H groups in total. The van der Waals surface area contributed by atoms with Crippen molar-refractivity contribution in [3.63, 3.8) is 0 Å². The summed E-state index contributed by atoms with van der Waals surface area (Å²) in [7, 11) is 0. The SMILES string of the molecule is CCCCCCCCC(OC(=O)C1CC=CCC1C(=O)O)C(C)CC. The van der Waals surface area contributed by atoms with Gasteiger partial charge in [-0.1, -0.05) is 71.4 Å². The first kappa shape index (κ1) is 21.7. The van der Waals surface area contributed by atoms with E-state index >= 15 is 0 Å². The molecule has 4 heteroatoms. The highest BCUT2D eigenvalue weighted by Crippen LogP contribution is 2.29. The number of carboxylic acids is 1. The molecule has 0 saturated carbocycles. The van der Waals surface area contributed by atoms with Crippen LogP contribution < -0.4 is 0 Å². The Bertz CT molecular complexity index is 430. The minimum Gasteiger partial charge on any atom is -0.481 e. The third-order valence-corrected chi connectivity index (χ3v) is 5.44. The summed E-state index contributed by atoms with van der Waals surface area (Å²) in [4.78, 5) is 24.0. The molecular weight excluding hydrogens is 316 g/mol. The van der Waals surface area contributed by atoms with Gasteiger partial charge in [0.05, 0.1) is 11.8 Å². The van der Waals surface area contributed by atoms with Crippen LogP contribution in [0.4, 0.5) is 0 Å². The Morgan fingerprint density at radius 3 is 2.24 bits per heavy atom. The van der Waals surface area contributed by atoms with Crippen LogP contribution in [0.25, 0.3) is 0 Å². The average molecular weight is 353 g/mol. The molecule has 0 saturated heterocycles. The molecule has 0 aliphatic heterocycles. The molecular formula is C21H36O4. The molecule has 0 radical (unpaired) electrons. The predicted octanol–water partition coefficient (Wildman–Crippen LogP) is 5.36. The number of hydrogen-bond acceptors (Lipinski definition) is 3. The molecule has 0 bridgehead atoms. The highest BCUT2D eigenvalue weighted by atomic mass is 16.5. The van der Waals surface area contributed by atoms with E-state index in [1.807, 2.05) is 12.2 Å². The van der Waals surface area contributed by atoms with Crippen molar-refractivity contribution in [2.75, 3.05) is 0 Å². The second-order valence-corrected chi connectivity index (χ2v) is 7.41. The fourth-order valence-corrected chi connectivity index (χ4v) is 3.43. The van der Waals surface area contributed by atoms with Gasteiger partial charge in [-0.25, -0.2) is 0 Å². The summed E-state index contributed by atoms with van der Waals surface area (Å²) in [5, 5.41) is 9.35. The number of unbranched alkanes of at least 4 members (excludes halogenated alkanes) is 5. The average Bonchev–Trinajstić information content (AvgIpc) is 2.62. The summed E-state index contributed by atoms with van der Waals surface area (Å²) in [5.41, 5.74) is 0. The molecule has 0 fully saturated rings. The van der Waals surface area contributed by atoms with Crippen LogP contribution in [0.5, 0.6) is 0 Å². The molecule has 4 nitrogen and oxygen atoms in total. The van der Waals surface area contributed by atoms with Gasteiger partial charge >= 0.3 is 11.9 Å². The van der Waals surface area contributed by atoms with Gasteiger partial charge in [0.2, 0.25) is 0 Å². The van der Waals surface area contributed by atoms with Crippen LogP contribution in [0.2, 0.25) is 0 Å². The zero-order valence-electron chi connectivity index (χ0n) is 16.2. The summed E-state index contributed by atoms with van der Waals surface area (Å²) in [5.74, 6) is -2.11. The second-order valence-electron chi connectivity index (χ2n) is 7.41. The van der Waals surface area contributed by atoms with E-state index in [4.69, 9.17) is 4.74 Å². The van der Waals surface area contributed by atoms with Crippen molar-refractivity contribution in [2.45, 2.75) is 91.1 Å². The Morgan fingerprint density at radius 2 is 1.64 bits per heavy atom. The van der Waals surface area contributed by atoms with E-state index in [1.165, 1.54) is 32.1 Å². The van der Waals surface area contributed by atoms with Crippen molar-refractivity contribution in [3.05, 3.63) is 12.2 Å². The van der Waals surface area contributed by atoms with Gasteiger partial charge in [-0.15, -0.1) is 0 Å². The molecule has 0 heterocycles. The molecule has 0 amide bonds. The lowest BCUT2D eigenvalue weighted by Gasteiger charge is -2.28. The fourth-order valence-electron chi connectivity index (χ4n) is 3.43. The number of allylic oxidation sites excluding steroid dienone is 2. The van der Waals surface area contributed by atoms with Gasteiger partial charge < -0.3 is 9.84 Å². The van der Waals surface area contributed by atoms with E-state index in [2.05, 4.69) is 20.8 Å². The van der Waals surface area contributed by atoms with E-state index in [-0.39, 0.29) is 12.1 Å². The normalized spacial score (nSPS) is 22.4. The number of hydrogen-bond donors (Lipinski definition) is 1. The Kier molecular flexibility index (Phi) is 10.5. The lowest BCUT2D eigenvalue weighted by molar-refractivity contribution is -0.164. The zero-order valence-corrected chi connectivity index (χ0v) is 16.2. The van der Waals surface area contributed by atoms with Crippen LogP contribution in [0.15, 0.2) is 12.2 Å². The monoisotopic (exact) mass is 352 g/mol. The Hall–Kier alpha value is -1.32. The number of carboxylic acid groups (broad SMARTS) is 1. The summed E-state index contributed by atoms with van der Waals surface area (Å²) in [6, 6.07) is 0. The number of ether oxygens (including phenoxy) is 1. The van der Waals surface area contributed by atoms with Crippen molar-refractivity contribution in [2.24, 2.45) is 17.8 Å². The number of esters is 1. The van der Waals surface area contributed by atoms with E-state index in [9.17, 15) is 14.7 Å². The molecule has 25 heavy (non-hydrogen) atoms. The van der Waals surface area contributed by atoms with E-state index in [1.54, 1.807) is 0 Å². The molecule has 1 aliphatic carbocycles. The van der Waals surface area contributed by atoms with Crippen LogP contribution in [0.3, 0.4) is 0 Å². The maximum atomic E-state index is 12.6. The van der Waals surface area contributed by atoms with E-state index in [0.29, 0.717) is 18.8 Å².